The number of nitrogen functional groups attached to an aromatic ring is 1. The van der Waals surface area contributed by atoms with Crippen molar-refractivity contribution in [2.45, 2.75) is 19.5 Å². The average molecular weight is 290 g/mol. The van der Waals surface area contributed by atoms with Crippen LogP contribution in [-0.2, 0) is 0 Å². The molecule has 0 aliphatic carbocycles. The summed E-state index contributed by atoms with van der Waals surface area (Å²) in [5.41, 5.74) is 6.17. The van der Waals surface area contributed by atoms with Crippen molar-refractivity contribution >= 4 is 11.6 Å². The van der Waals surface area contributed by atoms with Crippen LogP contribution in [0.15, 0.2) is 18.2 Å². The number of hydrogen-bond acceptors (Lipinski definition) is 3. The van der Waals surface area contributed by atoms with Crippen LogP contribution in [0.3, 0.4) is 0 Å². The van der Waals surface area contributed by atoms with Crippen LogP contribution in [0.1, 0.15) is 23.7 Å². The number of benzene rings is 1. The lowest BCUT2D eigenvalue weighted by Gasteiger charge is -2.19. The van der Waals surface area contributed by atoms with E-state index in [4.69, 9.17) is 10.5 Å². The molecule has 0 spiro atoms. The molecule has 1 aromatic carbocycles. The molecular formula is C13H17F3N2O2. The van der Waals surface area contributed by atoms with Crippen molar-refractivity contribution in [1.82, 2.24) is 4.90 Å². The fourth-order valence-corrected chi connectivity index (χ4v) is 1.61. The third-order valence-electron chi connectivity index (χ3n) is 2.56. The first-order chi connectivity index (χ1) is 9.23. The Morgan fingerprint density at radius 2 is 2.00 bits per heavy atom. The van der Waals surface area contributed by atoms with Gasteiger partial charge in [0.25, 0.3) is 5.91 Å². The number of alkyl halides is 3. The fraction of sp³-hybridized carbons (Fsp3) is 0.462. The summed E-state index contributed by atoms with van der Waals surface area (Å²) in [4.78, 5) is 13.0. The van der Waals surface area contributed by atoms with Gasteiger partial charge in [0.1, 0.15) is 5.75 Å². The molecule has 0 saturated heterocycles. The van der Waals surface area contributed by atoms with Gasteiger partial charge in [0, 0.05) is 30.9 Å². The van der Waals surface area contributed by atoms with E-state index in [0.717, 1.165) is 4.90 Å². The number of halogens is 3. The monoisotopic (exact) mass is 290 g/mol. The molecule has 0 aliphatic heterocycles. The molecule has 0 radical (unpaired) electrons. The summed E-state index contributed by atoms with van der Waals surface area (Å²) in [6, 6.07) is 4.43. The maximum Gasteiger partial charge on any atom is 0.390 e. The number of nitrogens with two attached hydrogens (primary N) is 1. The van der Waals surface area contributed by atoms with E-state index >= 15 is 0 Å². The first-order valence-electron chi connectivity index (χ1n) is 6.08. The highest BCUT2D eigenvalue weighted by Gasteiger charge is 2.28. The Kier molecular flexibility index (Phi) is 5.24. The molecular weight excluding hydrogens is 273 g/mol. The normalized spacial score (nSPS) is 11.2. The van der Waals surface area contributed by atoms with E-state index in [1.165, 1.54) is 19.2 Å². The minimum Gasteiger partial charge on any atom is -0.494 e. The molecule has 0 aromatic heterocycles. The molecule has 7 heteroatoms. The molecule has 0 fully saturated rings. The number of carbonyl (C=O) groups is 1. The Hall–Kier alpha value is -1.92. The molecule has 1 aromatic rings. The third-order valence-corrected chi connectivity index (χ3v) is 2.56. The molecule has 0 unspecified atom stereocenters. The number of amides is 1. The SMILES string of the molecule is CCOc1cc(N)cc(C(=O)N(C)CCC(F)(F)F)c1. The minimum absolute atomic E-state index is 0.207. The number of rotatable bonds is 5. The topological polar surface area (TPSA) is 55.6 Å². The zero-order valence-corrected chi connectivity index (χ0v) is 11.3. The Morgan fingerprint density at radius 1 is 1.35 bits per heavy atom. The summed E-state index contributed by atoms with van der Waals surface area (Å²) in [6.45, 7) is 1.78. The third kappa shape index (κ3) is 4.99. The summed E-state index contributed by atoms with van der Waals surface area (Å²) in [5.74, 6) is -0.109. The van der Waals surface area contributed by atoms with Crippen molar-refractivity contribution in [3.05, 3.63) is 23.8 Å². The zero-order valence-electron chi connectivity index (χ0n) is 11.3. The van der Waals surface area contributed by atoms with Crippen molar-refractivity contribution < 1.29 is 22.7 Å². The summed E-state index contributed by atoms with van der Waals surface area (Å²) >= 11 is 0. The van der Waals surface area contributed by atoms with E-state index in [0.29, 0.717) is 18.0 Å². The van der Waals surface area contributed by atoms with Crippen LogP contribution < -0.4 is 10.5 Å². The van der Waals surface area contributed by atoms with Crippen molar-refractivity contribution in [2.75, 3.05) is 25.9 Å². The Morgan fingerprint density at radius 3 is 2.55 bits per heavy atom. The molecule has 1 amide bonds. The lowest BCUT2D eigenvalue weighted by molar-refractivity contribution is -0.136. The van der Waals surface area contributed by atoms with Gasteiger partial charge in [-0.15, -0.1) is 0 Å². The van der Waals surface area contributed by atoms with Crippen LogP contribution in [-0.4, -0.2) is 37.2 Å². The van der Waals surface area contributed by atoms with Gasteiger partial charge in [0.2, 0.25) is 0 Å². The largest absolute Gasteiger partial charge is 0.494 e. The highest BCUT2D eigenvalue weighted by molar-refractivity contribution is 5.95. The molecule has 0 heterocycles. The molecule has 0 aliphatic rings. The van der Waals surface area contributed by atoms with E-state index in [1.807, 2.05) is 0 Å². The Bertz CT molecular complexity index is 475. The van der Waals surface area contributed by atoms with Crippen molar-refractivity contribution in [3.63, 3.8) is 0 Å². The van der Waals surface area contributed by atoms with E-state index in [1.54, 1.807) is 13.0 Å². The van der Waals surface area contributed by atoms with Gasteiger partial charge >= 0.3 is 6.18 Å². The van der Waals surface area contributed by atoms with E-state index in [9.17, 15) is 18.0 Å². The number of hydrogen-bond donors (Lipinski definition) is 1. The molecule has 0 atom stereocenters. The van der Waals surface area contributed by atoms with Gasteiger partial charge in [0.05, 0.1) is 13.0 Å². The van der Waals surface area contributed by atoms with Crippen LogP contribution >= 0.6 is 0 Å². The number of ether oxygens (including phenoxy) is 1. The van der Waals surface area contributed by atoms with Gasteiger partial charge in [-0.05, 0) is 19.1 Å². The molecule has 112 valence electrons. The summed E-state index contributed by atoms with van der Waals surface area (Å²) in [7, 11) is 1.32. The second-order valence-corrected chi connectivity index (χ2v) is 4.32. The molecule has 20 heavy (non-hydrogen) atoms. The quantitative estimate of drug-likeness (QED) is 0.848. The fourth-order valence-electron chi connectivity index (χ4n) is 1.61. The van der Waals surface area contributed by atoms with E-state index in [-0.39, 0.29) is 5.56 Å². The van der Waals surface area contributed by atoms with Crippen LogP contribution in [0.2, 0.25) is 0 Å². The molecule has 0 bridgehead atoms. The van der Waals surface area contributed by atoms with Crippen LogP contribution in [0.25, 0.3) is 0 Å². The molecule has 4 nitrogen and oxygen atoms in total. The van der Waals surface area contributed by atoms with Gasteiger partial charge < -0.3 is 15.4 Å². The maximum absolute atomic E-state index is 12.1. The van der Waals surface area contributed by atoms with Crippen LogP contribution in [0.5, 0.6) is 5.75 Å². The van der Waals surface area contributed by atoms with Gasteiger partial charge in [-0.2, -0.15) is 13.2 Å². The second-order valence-electron chi connectivity index (χ2n) is 4.32. The van der Waals surface area contributed by atoms with Crippen LogP contribution in [0, 0.1) is 0 Å². The average Bonchev–Trinajstić information content (AvgIpc) is 2.34. The van der Waals surface area contributed by atoms with E-state index in [2.05, 4.69) is 0 Å². The Balaban J connectivity index is 2.80. The molecule has 2 N–H and O–H groups in total. The minimum atomic E-state index is -4.29. The smallest absolute Gasteiger partial charge is 0.390 e. The summed E-state index contributed by atoms with van der Waals surface area (Å²) < 4.78 is 41.6. The Labute approximate surface area is 115 Å². The lowest BCUT2D eigenvalue weighted by atomic mass is 10.1. The highest BCUT2D eigenvalue weighted by Crippen LogP contribution is 2.22. The van der Waals surface area contributed by atoms with Gasteiger partial charge in [0.15, 0.2) is 0 Å². The predicted molar refractivity (Wildman–Crippen MR) is 69.7 cm³/mol. The van der Waals surface area contributed by atoms with Gasteiger partial charge in [-0.3, -0.25) is 4.79 Å². The van der Waals surface area contributed by atoms with Crippen molar-refractivity contribution in [2.24, 2.45) is 0 Å². The number of carbonyl (C=O) groups excluding carboxylic acids is 1. The highest BCUT2D eigenvalue weighted by atomic mass is 19.4. The van der Waals surface area contributed by atoms with Crippen molar-refractivity contribution in [1.29, 1.82) is 0 Å². The number of anilines is 1. The zero-order chi connectivity index (χ0) is 15.3. The molecule has 0 saturated carbocycles. The molecule has 1 rings (SSSR count). The van der Waals surface area contributed by atoms with Crippen molar-refractivity contribution in [3.8, 4) is 5.75 Å². The second kappa shape index (κ2) is 6.49. The lowest BCUT2D eigenvalue weighted by Crippen LogP contribution is -2.30. The first-order valence-corrected chi connectivity index (χ1v) is 6.08. The van der Waals surface area contributed by atoms with Gasteiger partial charge in [-0.25, -0.2) is 0 Å². The standard InChI is InChI=1S/C13H17F3N2O2/c1-3-20-11-7-9(6-10(17)8-11)12(19)18(2)5-4-13(14,15)16/h6-8H,3-5,17H2,1-2H3. The maximum atomic E-state index is 12.1. The predicted octanol–water partition coefficient (Wildman–Crippen LogP) is 2.69. The summed E-state index contributed by atoms with van der Waals surface area (Å²) in [6.07, 6.45) is -5.34. The first kappa shape index (κ1) is 16.1. The number of nitrogens with zero attached hydrogens (tertiary/aromatic N) is 1. The van der Waals surface area contributed by atoms with Gasteiger partial charge in [-0.1, -0.05) is 0 Å². The van der Waals surface area contributed by atoms with Crippen LogP contribution in [0.4, 0.5) is 18.9 Å². The summed E-state index contributed by atoms with van der Waals surface area (Å²) in [5, 5.41) is 0. The van der Waals surface area contributed by atoms with E-state index < -0.39 is 25.0 Å².